The number of hydrogen-bond acceptors (Lipinski definition) is 4. The lowest BCUT2D eigenvalue weighted by atomic mass is 9.91. The number of rotatable bonds is 3. The van der Waals surface area contributed by atoms with Crippen molar-refractivity contribution >= 4 is 11.3 Å². The summed E-state index contributed by atoms with van der Waals surface area (Å²) in [6.07, 6.45) is 2.49. The normalized spacial score (nSPS) is 20.7. The summed E-state index contributed by atoms with van der Waals surface area (Å²) < 4.78 is 0. The van der Waals surface area contributed by atoms with Crippen LogP contribution in [0.2, 0.25) is 0 Å². The van der Waals surface area contributed by atoms with Crippen LogP contribution in [0.1, 0.15) is 35.3 Å². The van der Waals surface area contributed by atoms with Crippen molar-refractivity contribution in [2.75, 3.05) is 13.1 Å². The van der Waals surface area contributed by atoms with E-state index in [9.17, 15) is 0 Å². The lowest BCUT2D eigenvalue weighted by Gasteiger charge is -2.33. The first-order valence-electron chi connectivity index (χ1n) is 6.47. The largest absolute Gasteiger partial charge is 0.328 e. The lowest BCUT2D eigenvalue weighted by Crippen LogP contribution is -2.39. The molecular formula is C13H23N3S. The molecule has 4 heteroatoms. The van der Waals surface area contributed by atoms with Gasteiger partial charge in [-0.15, -0.1) is 11.3 Å². The van der Waals surface area contributed by atoms with Crippen LogP contribution < -0.4 is 5.73 Å². The van der Waals surface area contributed by atoms with Crippen LogP contribution >= 0.6 is 11.3 Å². The van der Waals surface area contributed by atoms with E-state index < -0.39 is 0 Å². The summed E-state index contributed by atoms with van der Waals surface area (Å²) in [5.74, 6) is 0.718. The van der Waals surface area contributed by atoms with Gasteiger partial charge in [0.15, 0.2) is 0 Å². The van der Waals surface area contributed by atoms with Crippen LogP contribution in [0.5, 0.6) is 0 Å². The van der Waals surface area contributed by atoms with Gasteiger partial charge < -0.3 is 5.73 Å². The fraction of sp³-hybridized carbons (Fsp3) is 0.769. The highest BCUT2D eigenvalue weighted by Crippen LogP contribution is 2.24. The number of nitrogens with zero attached hydrogens (tertiary/aromatic N) is 2. The Morgan fingerprint density at radius 2 is 2.06 bits per heavy atom. The van der Waals surface area contributed by atoms with Crippen molar-refractivity contribution in [3.63, 3.8) is 0 Å². The van der Waals surface area contributed by atoms with Gasteiger partial charge in [-0.3, -0.25) is 4.90 Å². The second-order valence-electron chi connectivity index (χ2n) is 5.21. The van der Waals surface area contributed by atoms with E-state index in [0.29, 0.717) is 6.04 Å². The summed E-state index contributed by atoms with van der Waals surface area (Å²) in [6.45, 7) is 9.78. The van der Waals surface area contributed by atoms with Gasteiger partial charge in [0.25, 0.3) is 0 Å². The molecule has 17 heavy (non-hydrogen) atoms. The molecule has 2 N–H and O–H groups in total. The molecule has 1 fully saturated rings. The average Bonchev–Trinajstić information content (AvgIpc) is 2.58. The zero-order valence-corrected chi connectivity index (χ0v) is 11.9. The maximum atomic E-state index is 5.97. The molecule has 2 rings (SSSR count). The molecule has 1 aromatic heterocycles. The molecule has 1 atom stereocenters. The zero-order valence-electron chi connectivity index (χ0n) is 11.1. The van der Waals surface area contributed by atoms with Gasteiger partial charge in [-0.2, -0.15) is 0 Å². The Kier molecular flexibility index (Phi) is 4.17. The Morgan fingerprint density at radius 3 is 2.53 bits per heavy atom. The number of thiazole rings is 1. The van der Waals surface area contributed by atoms with Gasteiger partial charge in [-0.05, 0) is 52.6 Å². The molecule has 1 aliphatic heterocycles. The van der Waals surface area contributed by atoms with Gasteiger partial charge in [-0.25, -0.2) is 4.98 Å². The monoisotopic (exact) mass is 253 g/mol. The third-order valence-electron chi connectivity index (χ3n) is 3.74. The van der Waals surface area contributed by atoms with E-state index in [-0.39, 0.29) is 0 Å². The predicted molar refractivity (Wildman–Crippen MR) is 73.2 cm³/mol. The van der Waals surface area contributed by atoms with Crippen LogP contribution in [0.15, 0.2) is 0 Å². The van der Waals surface area contributed by atoms with Gasteiger partial charge in [-0.1, -0.05) is 0 Å². The van der Waals surface area contributed by atoms with Crippen molar-refractivity contribution < 1.29 is 0 Å². The highest BCUT2D eigenvalue weighted by molar-refractivity contribution is 7.11. The maximum absolute atomic E-state index is 5.97. The fourth-order valence-electron chi connectivity index (χ4n) is 2.56. The minimum absolute atomic E-state index is 0.351. The van der Waals surface area contributed by atoms with Crippen LogP contribution in [0, 0.1) is 19.8 Å². The maximum Gasteiger partial charge on any atom is 0.0900 e. The van der Waals surface area contributed by atoms with Crippen molar-refractivity contribution in [2.45, 2.75) is 46.2 Å². The van der Waals surface area contributed by atoms with Crippen LogP contribution in [-0.2, 0) is 6.54 Å². The van der Waals surface area contributed by atoms with Crippen LogP contribution in [0.3, 0.4) is 0 Å². The fourth-order valence-corrected chi connectivity index (χ4v) is 3.54. The molecule has 3 nitrogen and oxygen atoms in total. The molecule has 1 saturated heterocycles. The molecule has 0 radical (unpaired) electrons. The third-order valence-corrected chi connectivity index (χ3v) is 4.80. The molecule has 0 aliphatic carbocycles. The minimum atomic E-state index is 0.351. The predicted octanol–water partition coefficient (Wildman–Crippen LogP) is 2.32. The first-order chi connectivity index (χ1) is 8.06. The second kappa shape index (κ2) is 5.46. The molecule has 0 aromatic carbocycles. The molecule has 0 saturated carbocycles. The van der Waals surface area contributed by atoms with E-state index >= 15 is 0 Å². The molecule has 2 heterocycles. The first-order valence-corrected chi connectivity index (χ1v) is 7.28. The van der Waals surface area contributed by atoms with Crippen molar-refractivity contribution in [2.24, 2.45) is 11.7 Å². The van der Waals surface area contributed by atoms with Gasteiger partial charge in [0.1, 0.15) is 0 Å². The van der Waals surface area contributed by atoms with Gasteiger partial charge in [0.05, 0.1) is 10.7 Å². The molecule has 1 aromatic rings. The van der Waals surface area contributed by atoms with Crippen LogP contribution in [0.25, 0.3) is 0 Å². The van der Waals surface area contributed by atoms with E-state index in [1.165, 1.54) is 41.5 Å². The number of hydrogen-bond donors (Lipinski definition) is 1. The van der Waals surface area contributed by atoms with Gasteiger partial charge >= 0.3 is 0 Å². The lowest BCUT2D eigenvalue weighted by molar-refractivity contribution is 0.166. The van der Waals surface area contributed by atoms with Crippen LogP contribution in [0.4, 0.5) is 0 Å². The molecular weight excluding hydrogens is 230 g/mol. The number of nitrogens with two attached hydrogens (primary N) is 1. The Morgan fingerprint density at radius 1 is 1.41 bits per heavy atom. The quantitative estimate of drug-likeness (QED) is 0.899. The van der Waals surface area contributed by atoms with E-state index in [2.05, 4.69) is 30.7 Å². The number of piperidine rings is 1. The van der Waals surface area contributed by atoms with E-state index in [0.717, 1.165) is 12.5 Å². The van der Waals surface area contributed by atoms with E-state index in [1.807, 2.05) is 11.3 Å². The Hall–Kier alpha value is -0.450. The molecule has 0 spiro atoms. The summed E-state index contributed by atoms with van der Waals surface area (Å²) in [7, 11) is 0. The number of aromatic nitrogens is 1. The van der Waals surface area contributed by atoms with Gasteiger partial charge in [0.2, 0.25) is 0 Å². The average molecular weight is 253 g/mol. The highest BCUT2D eigenvalue weighted by atomic mass is 32.1. The number of likely N-dealkylation sites (tertiary alicyclic amines) is 1. The SMILES string of the molecule is Cc1nc(C)c(CN2CCC(C(C)N)CC2)s1. The van der Waals surface area contributed by atoms with E-state index in [1.54, 1.807) is 0 Å². The summed E-state index contributed by atoms with van der Waals surface area (Å²) >= 11 is 1.84. The molecule has 1 aliphatic rings. The Bertz CT molecular complexity index is 365. The minimum Gasteiger partial charge on any atom is -0.328 e. The standard InChI is InChI=1S/C13H23N3S/c1-9(14)12-4-6-16(7-5-12)8-13-10(2)15-11(3)17-13/h9,12H,4-8,14H2,1-3H3. The summed E-state index contributed by atoms with van der Waals surface area (Å²) in [4.78, 5) is 8.46. The van der Waals surface area contributed by atoms with E-state index in [4.69, 9.17) is 5.73 Å². The summed E-state index contributed by atoms with van der Waals surface area (Å²) in [6, 6.07) is 0.351. The Balaban J connectivity index is 1.88. The van der Waals surface area contributed by atoms with Crippen LogP contribution in [-0.4, -0.2) is 29.0 Å². The zero-order chi connectivity index (χ0) is 12.4. The third kappa shape index (κ3) is 3.27. The Labute approximate surface area is 108 Å². The van der Waals surface area contributed by atoms with Crippen molar-refractivity contribution in [3.05, 3.63) is 15.6 Å². The second-order valence-corrected chi connectivity index (χ2v) is 6.50. The molecule has 96 valence electrons. The van der Waals surface area contributed by atoms with Crippen molar-refractivity contribution in [1.29, 1.82) is 0 Å². The molecule has 0 amide bonds. The molecule has 1 unspecified atom stereocenters. The highest BCUT2D eigenvalue weighted by Gasteiger charge is 2.22. The summed E-state index contributed by atoms with van der Waals surface area (Å²) in [5, 5.41) is 1.18. The first kappa shape index (κ1) is 13.0. The summed E-state index contributed by atoms with van der Waals surface area (Å²) in [5.41, 5.74) is 7.18. The van der Waals surface area contributed by atoms with Gasteiger partial charge in [0, 0.05) is 17.5 Å². The van der Waals surface area contributed by atoms with Crippen molar-refractivity contribution in [1.82, 2.24) is 9.88 Å². The number of aryl methyl sites for hydroxylation is 2. The topological polar surface area (TPSA) is 42.2 Å². The van der Waals surface area contributed by atoms with Crippen molar-refractivity contribution in [3.8, 4) is 0 Å². The molecule has 0 bridgehead atoms. The smallest absolute Gasteiger partial charge is 0.0900 e.